The highest BCUT2D eigenvalue weighted by atomic mass is 16.4. The van der Waals surface area contributed by atoms with Crippen molar-refractivity contribution in [1.29, 1.82) is 0 Å². The van der Waals surface area contributed by atoms with Gasteiger partial charge < -0.3 is 15.3 Å². The number of hydrogen-bond donors (Lipinski definition) is 2. The van der Waals surface area contributed by atoms with Crippen LogP contribution in [-0.4, -0.2) is 64.5 Å². The fourth-order valence-corrected chi connectivity index (χ4v) is 4.62. The number of carbonyl (C=O) groups is 2. The smallest absolute Gasteiger partial charge is 0.325 e. The van der Waals surface area contributed by atoms with Crippen LogP contribution < -0.4 is 5.32 Å². The number of aliphatic carboxylic acids is 1. The van der Waals surface area contributed by atoms with Gasteiger partial charge in [0.25, 0.3) is 0 Å². The number of carbonyl (C=O) groups excluding carboxylic acids is 1. The van der Waals surface area contributed by atoms with E-state index >= 15 is 0 Å². The molecule has 0 unspecified atom stereocenters. The van der Waals surface area contributed by atoms with Crippen LogP contribution in [0.4, 0.5) is 5.82 Å². The van der Waals surface area contributed by atoms with E-state index in [4.69, 9.17) is 4.98 Å². The van der Waals surface area contributed by atoms with E-state index in [-0.39, 0.29) is 5.91 Å². The Labute approximate surface area is 189 Å². The predicted molar refractivity (Wildman–Crippen MR) is 124 cm³/mol. The molecular formula is C25H32N4O3. The minimum absolute atomic E-state index is 0.163. The summed E-state index contributed by atoms with van der Waals surface area (Å²) in [4.78, 5) is 33.1. The lowest BCUT2D eigenvalue weighted by Crippen LogP contribution is -2.51. The zero-order valence-electron chi connectivity index (χ0n) is 18.5. The Morgan fingerprint density at radius 2 is 1.81 bits per heavy atom. The van der Waals surface area contributed by atoms with Gasteiger partial charge in [0.05, 0.1) is 0 Å². The van der Waals surface area contributed by atoms with E-state index in [0.29, 0.717) is 32.6 Å². The molecule has 0 aliphatic carbocycles. The maximum atomic E-state index is 12.6. The van der Waals surface area contributed by atoms with Crippen LogP contribution in [0.5, 0.6) is 0 Å². The van der Waals surface area contributed by atoms with Crippen molar-refractivity contribution < 1.29 is 14.7 Å². The van der Waals surface area contributed by atoms with Gasteiger partial charge in [-0.2, -0.15) is 0 Å². The minimum atomic E-state index is -0.845. The molecule has 4 rings (SSSR count). The Hall–Kier alpha value is -2.93. The van der Waals surface area contributed by atoms with E-state index in [1.165, 1.54) is 5.56 Å². The zero-order valence-corrected chi connectivity index (χ0v) is 18.5. The summed E-state index contributed by atoms with van der Waals surface area (Å²) in [7, 11) is 0. The van der Waals surface area contributed by atoms with Gasteiger partial charge in [0.1, 0.15) is 11.9 Å². The van der Waals surface area contributed by atoms with Crippen LogP contribution in [0.15, 0.2) is 42.5 Å². The number of piperazine rings is 1. The van der Waals surface area contributed by atoms with Gasteiger partial charge in [-0.1, -0.05) is 36.4 Å². The molecule has 2 aromatic rings. The number of amides is 1. The number of unbranched alkanes of at least 4 members (excludes halogenated alkanes) is 1. The Bertz CT molecular complexity index is 926. The number of nitrogens with zero attached hydrogens (tertiary/aromatic N) is 3. The summed E-state index contributed by atoms with van der Waals surface area (Å²) in [6.07, 6.45) is 5.45. The van der Waals surface area contributed by atoms with Gasteiger partial charge in [0.2, 0.25) is 5.91 Å². The lowest BCUT2D eigenvalue weighted by molar-refractivity contribution is -0.145. The van der Waals surface area contributed by atoms with E-state index in [9.17, 15) is 14.7 Å². The van der Waals surface area contributed by atoms with Gasteiger partial charge in [-0.25, -0.2) is 4.98 Å². The van der Waals surface area contributed by atoms with Gasteiger partial charge in [-0.15, -0.1) is 0 Å². The van der Waals surface area contributed by atoms with Crippen LogP contribution in [0.25, 0.3) is 0 Å². The molecule has 1 fully saturated rings. The molecule has 1 amide bonds. The molecule has 0 spiro atoms. The second-order valence-corrected chi connectivity index (χ2v) is 8.62. The van der Waals surface area contributed by atoms with Gasteiger partial charge in [0, 0.05) is 44.8 Å². The van der Waals surface area contributed by atoms with Crippen molar-refractivity contribution >= 4 is 17.7 Å². The molecule has 2 aliphatic heterocycles. The first-order chi connectivity index (χ1) is 15.6. The van der Waals surface area contributed by atoms with Crippen molar-refractivity contribution in [1.82, 2.24) is 14.8 Å². The van der Waals surface area contributed by atoms with Crippen LogP contribution in [-0.2, 0) is 22.4 Å². The van der Waals surface area contributed by atoms with Crippen LogP contribution in [0, 0.1) is 0 Å². The molecule has 2 aliphatic rings. The second kappa shape index (κ2) is 10.6. The Kier molecular flexibility index (Phi) is 7.37. The average molecular weight is 437 g/mol. The summed E-state index contributed by atoms with van der Waals surface area (Å²) < 4.78 is 0. The van der Waals surface area contributed by atoms with Crippen LogP contribution in [0.1, 0.15) is 48.5 Å². The van der Waals surface area contributed by atoms with Crippen molar-refractivity contribution in [2.45, 2.75) is 44.6 Å². The van der Waals surface area contributed by atoms with Crippen molar-refractivity contribution in [3.63, 3.8) is 0 Å². The second-order valence-electron chi connectivity index (χ2n) is 8.62. The highest BCUT2D eigenvalue weighted by molar-refractivity contribution is 5.77. The number of pyridine rings is 1. The third-order valence-electron chi connectivity index (χ3n) is 6.41. The lowest BCUT2D eigenvalue weighted by Gasteiger charge is -2.38. The normalized spacial score (nSPS) is 17.3. The van der Waals surface area contributed by atoms with Crippen LogP contribution in [0.3, 0.4) is 0 Å². The topological polar surface area (TPSA) is 85.8 Å². The molecule has 1 saturated heterocycles. The standard InChI is InChI=1S/C25H32N4O3/c30-22(11-5-4-10-21-13-12-20-9-6-14-26-24(20)27-21)28-15-17-29(18-16-28)23(25(31)32)19-7-2-1-3-8-19/h1-3,7-8,12-13,23H,4-6,9-11,14-18H2,(H,26,27)(H,31,32)/t23-/m1/s1. The molecule has 7 heteroatoms. The van der Waals surface area contributed by atoms with Crippen LogP contribution >= 0.6 is 0 Å². The van der Waals surface area contributed by atoms with Crippen molar-refractivity contribution in [3.8, 4) is 0 Å². The van der Waals surface area contributed by atoms with Crippen molar-refractivity contribution in [2.24, 2.45) is 0 Å². The van der Waals surface area contributed by atoms with E-state index in [2.05, 4.69) is 17.4 Å². The van der Waals surface area contributed by atoms with Gasteiger partial charge in [-0.3, -0.25) is 14.5 Å². The largest absolute Gasteiger partial charge is 0.480 e. The number of carboxylic acid groups (broad SMARTS) is 1. The molecule has 7 nitrogen and oxygen atoms in total. The molecule has 0 saturated carbocycles. The number of hydrogen-bond acceptors (Lipinski definition) is 5. The molecule has 3 heterocycles. The average Bonchev–Trinajstić information content (AvgIpc) is 2.82. The summed E-state index contributed by atoms with van der Waals surface area (Å²) in [5.41, 5.74) is 3.16. The summed E-state index contributed by atoms with van der Waals surface area (Å²) >= 11 is 0. The first-order valence-corrected chi connectivity index (χ1v) is 11.6. The molecule has 1 aromatic heterocycles. The number of carboxylic acids is 1. The third kappa shape index (κ3) is 5.46. The Morgan fingerprint density at radius 1 is 1.03 bits per heavy atom. The monoisotopic (exact) mass is 436 g/mol. The van der Waals surface area contributed by atoms with Crippen molar-refractivity contribution in [3.05, 3.63) is 59.3 Å². The Morgan fingerprint density at radius 3 is 2.56 bits per heavy atom. The fraction of sp³-hybridized carbons (Fsp3) is 0.480. The molecule has 170 valence electrons. The first kappa shape index (κ1) is 22.3. The highest BCUT2D eigenvalue weighted by Gasteiger charge is 2.31. The zero-order chi connectivity index (χ0) is 22.3. The SMILES string of the molecule is O=C(O)[C@@H](c1ccccc1)N1CCN(C(=O)CCCCc2ccc3c(n2)NCCC3)CC1. The third-order valence-corrected chi connectivity index (χ3v) is 6.41. The molecule has 0 radical (unpaired) electrons. The summed E-state index contributed by atoms with van der Waals surface area (Å²) in [5.74, 6) is 0.344. The van der Waals surface area contributed by atoms with Crippen LogP contribution in [0.2, 0.25) is 0 Å². The van der Waals surface area contributed by atoms with E-state index in [0.717, 1.165) is 55.7 Å². The summed E-state index contributed by atoms with van der Waals surface area (Å²) in [6, 6.07) is 12.9. The van der Waals surface area contributed by atoms with E-state index in [1.54, 1.807) is 0 Å². The minimum Gasteiger partial charge on any atom is -0.480 e. The Balaban J connectivity index is 1.20. The first-order valence-electron chi connectivity index (χ1n) is 11.6. The molecule has 1 atom stereocenters. The van der Waals surface area contributed by atoms with E-state index in [1.807, 2.05) is 40.1 Å². The fourth-order valence-electron chi connectivity index (χ4n) is 4.62. The summed E-state index contributed by atoms with van der Waals surface area (Å²) in [6.45, 7) is 3.29. The van der Waals surface area contributed by atoms with E-state index < -0.39 is 12.0 Å². The molecule has 0 bridgehead atoms. The lowest BCUT2D eigenvalue weighted by atomic mass is 10.0. The predicted octanol–water partition coefficient (Wildman–Crippen LogP) is 3.12. The number of aromatic nitrogens is 1. The highest BCUT2D eigenvalue weighted by Crippen LogP contribution is 2.23. The number of fused-ring (bicyclic) bond motifs is 1. The number of benzene rings is 1. The molecule has 2 N–H and O–H groups in total. The maximum absolute atomic E-state index is 12.6. The molecular weight excluding hydrogens is 404 g/mol. The summed E-state index contributed by atoms with van der Waals surface area (Å²) in [5, 5.41) is 13.1. The molecule has 32 heavy (non-hydrogen) atoms. The quantitative estimate of drug-likeness (QED) is 0.619. The molecule has 1 aromatic carbocycles. The van der Waals surface area contributed by atoms with Gasteiger partial charge >= 0.3 is 5.97 Å². The maximum Gasteiger partial charge on any atom is 0.325 e. The number of nitrogens with one attached hydrogen (secondary N) is 1. The number of aryl methyl sites for hydroxylation is 2. The number of anilines is 1. The number of rotatable bonds is 8. The van der Waals surface area contributed by atoms with Gasteiger partial charge in [-0.05, 0) is 49.3 Å². The van der Waals surface area contributed by atoms with Crippen molar-refractivity contribution in [2.75, 3.05) is 38.0 Å². The van der Waals surface area contributed by atoms with Gasteiger partial charge in [0.15, 0.2) is 0 Å².